The molecule has 1 heterocycles. The van der Waals surface area contributed by atoms with Crippen LogP contribution in [0.4, 0.5) is 0 Å². The van der Waals surface area contributed by atoms with Crippen molar-refractivity contribution in [2.75, 3.05) is 0 Å². The summed E-state index contributed by atoms with van der Waals surface area (Å²) in [6.07, 6.45) is -1.21. The molecule has 0 saturated carbocycles. The fraction of sp³-hybridized carbons (Fsp3) is 0.292. The van der Waals surface area contributed by atoms with Gasteiger partial charge in [0.05, 0.1) is 6.04 Å². The van der Waals surface area contributed by atoms with Crippen molar-refractivity contribution in [1.29, 1.82) is 0 Å². The zero-order valence-corrected chi connectivity index (χ0v) is 17.8. The first kappa shape index (κ1) is 22.2. The van der Waals surface area contributed by atoms with Gasteiger partial charge in [-0.05, 0) is 44.9 Å². The number of hydrogen-bond acceptors (Lipinski definition) is 4. The Kier molecular flexibility index (Phi) is 6.87. The van der Waals surface area contributed by atoms with E-state index in [1.165, 1.54) is 0 Å². The molecule has 7 heteroatoms. The van der Waals surface area contributed by atoms with E-state index in [1.54, 1.807) is 45.0 Å². The Morgan fingerprint density at radius 2 is 1.65 bits per heavy atom. The fourth-order valence-corrected chi connectivity index (χ4v) is 3.46. The Hall–Kier alpha value is -3.45. The Balaban J connectivity index is 1.92. The topological polar surface area (TPSA) is 111 Å². The van der Waals surface area contributed by atoms with Crippen molar-refractivity contribution >= 4 is 22.7 Å². The van der Waals surface area contributed by atoms with Crippen LogP contribution in [0.15, 0.2) is 59.4 Å². The number of benzene rings is 2. The van der Waals surface area contributed by atoms with Crippen molar-refractivity contribution in [2.24, 2.45) is 0 Å². The first-order chi connectivity index (χ1) is 14.8. The summed E-state index contributed by atoms with van der Waals surface area (Å²) in [4.78, 5) is 41.2. The predicted molar refractivity (Wildman–Crippen MR) is 120 cm³/mol. The maximum Gasteiger partial charge on any atom is 0.268 e. The molecule has 0 radical (unpaired) electrons. The molecule has 3 rings (SSSR count). The highest BCUT2D eigenvalue weighted by Gasteiger charge is 2.29. The predicted octanol–water partition coefficient (Wildman–Crippen LogP) is 2.06. The van der Waals surface area contributed by atoms with Crippen molar-refractivity contribution in [3.8, 4) is 0 Å². The third-order valence-corrected chi connectivity index (χ3v) is 5.07. The number of nitrogens with one attached hydrogen (secondary N) is 3. The first-order valence-electron chi connectivity index (χ1n) is 10.2. The smallest absolute Gasteiger partial charge is 0.268 e. The summed E-state index contributed by atoms with van der Waals surface area (Å²) in [5.74, 6) is -1.13. The molecule has 0 spiro atoms. The van der Waals surface area contributed by atoms with Crippen LogP contribution in [0, 0.1) is 6.92 Å². The van der Waals surface area contributed by atoms with Gasteiger partial charge in [-0.15, -0.1) is 0 Å². The minimum Gasteiger partial charge on any atom is -0.381 e. The SMILES string of the molecule is Cc1c(C(=O)N[C@@H](Cc2ccccc2)[C@@H](O)C(=O)NC(C)C)[nH]c2ccccc2c1=O. The molecule has 7 nitrogen and oxygen atoms in total. The van der Waals surface area contributed by atoms with E-state index in [4.69, 9.17) is 0 Å². The number of aliphatic hydroxyl groups excluding tert-OH is 1. The largest absolute Gasteiger partial charge is 0.381 e. The van der Waals surface area contributed by atoms with Crippen LogP contribution in [-0.2, 0) is 11.2 Å². The van der Waals surface area contributed by atoms with E-state index in [0.717, 1.165) is 5.56 Å². The lowest BCUT2D eigenvalue weighted by Crippen LogP contribution is -2.53. The molecule has 1 aromatic heterocycles. The van der Waals surface area contributed by atoms with E-state index >= 15 is 0 Å². The van der Waals surface area contributed by atoms with Crippen LogP contribution in [0.25, 0.3) is 10.9 Å². The van der Waals surface area contributed by atoms with E-state index < -0.39 is 24.0 Å². The monoisotopic (exact) mass is 421 g/mol. The molecule has 2 atom stereocenters. The highest BCUT2D eigenvalue weighted by molar-refractivity contribution is 5.97. The number of aromatic nitrogens is 1. The number of aromatic amines is 1. The van der Waals surface area contributed by atoms with Gasteiger partial charge in [-0.1, -0.05) is 42.5 Å². The highest BCUT2D eigenvalue weighted by Crippen LogP contribution is 2.13. The van der Waals surface area contributed by atoms with E-state index in [1.807, 2.05) is 30.3 Å². The maximum absolute atomic E-state index is 13.1. The Morgan fingerprint density at radius 3 is 2.32 bits per heavy atom. The minimum absolute atomic E-state index is 0.109. The molecule has 0 aliphatic rings. The molecule has 0 bridgehead atoms. The summed E-state index contributed by atoms with van der Waals surface area (Å²) in [6, 6.07) is 15.2. The fourth-order valence-electron chi connectivity index (χ4n) is 3.46. The highest BCUT2D eigenvalue weighted by atomic mass is 16.3. The van der Waals surface area contributed by atoms with Gasteiger partial charge in [-0.25, -0.2) is 0 Å². The summed E-state index contributed by atoms with van der Waals surface area (Å²) in [7, 11) is 0. The quantitative estimate of drug-likeness (QED) is 0.468. The standard InChI is InChI=1S/C24H27N3O4/c1-14(2)25-24(31)22(29)19(13-16-9-5-4-6-10-16)27-23(30)20-15(3)21(28)17-11-7-8-12-18(17)26-20/h4-12,14,19,22,29H,13H2,1-3H3,(H,25,31)(H,26,28)(H,27,30)/t19-,22+/m0/s1. The lowest BCUT2D eigenvalue weighted by Gasteiger charge is -2.25. The van der Waals surface area contributed by atoms with E-state index in [2.05, 4.69) is 15.6 Å². The van der Waals surface area contributed by atoms with Crippen molar-refractivity contribution in [3.05, 3.63) is 81.6 Å². The number of para-hydroxylation sites is 1. The summed E-state index contributed by atoms with van der Waals surface area (Å²) >= 11 is 0. The molecule has 3 aromatic rings. The van der Waals surface area contributed by atoms with Crippen LogP contribution in [0.5, 0.6) is 0 Å². The zero-order valence-electron chi connectivity index (χ0n) is 17.8. The molecule has 4 N–H and O–H groups in total. The number of fused-ring (bicyclic) bond motifs is 1. The molecule has 2 amide bonds. The molecule has 2 aromatic carbocycles. The number of H-pyrrole nitrogens is 1. The minimum atomic E-state index is -1.46. The summed E-state index contributed by atoms with van der Waals surface area (Å²) in [5, 5.41) is 16.6. The lowest BCUT2D eigenvalue weighted by molar-refractivity contribution is -0.131. The van der Waals surface area contributed by atoms with Crippen molar-refractivity contribution in [1.82, 2.24) is 15.6 Å². The van der Waals surface area contributed by atoms with E-state index in [-0.39, 0.29) is 29.1 Å². The number of pyridine rings is 1. The van der Waals surface area contributed by atoms with Gasteiger partial charge < -0.3 is 20.7 Å². The van der Waals surface area contributed by atoms with Gasteiger partial charge >= 0.3 is 0 Å². The first-order valence-corrected chi connectivity index (χ1v) is 10.2. The molecule has 31 heavy (non-hydrogen) atoms. The van der Waals surface area contributed by atoms with Gasteiger partial charge in [0.2, 0.25) is 0 Å². The van der Waals surface area contributed by atoms with Gasteiger partial charge in [0.15, 0.2) is 11.5 Å². The van der Waals surface area contributed by atoms with Gasteiger partial charge in [-0.2, -0.15) is 0 Å². The summed E-state index contributed by atoms with van der Waals surface area (Å²) < 4.78 is 0. The molecule has 0 saturated heterocycles. The normalized spacial score (nSPS) is 13.1. The maximum atomic E-state index is 13.1. The zero-order chi connectivity index (χ0) is 22.5. The van der Waals surface area contributed by atoms with Crippen LogP contribution in [0.3, 0.4) is 0 Å². The molecule has 0 aliphatic carbocycles. The Labute approximate surface area is 180 Å². The molecule has 0 fully saturated rings. The van der Waals surface area contributed by atoms with Gasteiger partial charge in [0.25, 0.3) is 11.8 Å². The number of aliphatic hydroxyl groups is 1. The molecule has 162 valence electrons. The summed E-state index contributed by atoms with van der Waals surface area (Å²) in [5.41, 5.74) is 1.54. The Bertz CT molecular complexity index is 1140. The second kappa shape index (κ2) is 9.57. The summed E-state index contributed by atoms with van der Waals surface area (Å²) in [6.45, 7) is 5.16. The number of carbonyl (C=O) groups is 2. The third kappa shape index (κ3) is 5.19. The molecular formula is C24H27N3O4. The number of rotatable bonds is 7. The van der Waals surface area contributed by atoms with Crippen molar-refractivity contribution in [2.45, 2.75) is 45.4 Å². The van der Waals surface area contributed by atoms with E-state index in [9.17, 15) is 19.5 Å². The second-order valence-electron chi connectivity index (χ2n) is 7.88. The van der Waals surface area contributed by atoms with Crippen LogP contribution >= 0.6 is 0 Å². The van der Waals surface area contributed by atoms with Crippen LogP contribution in [0.1, 0.15) is 35.5 Å². The molecule has 0 aliphatic heterocycles. The van der Waals surface area contributed by atoms with Gasteiger partial charge in [-0.3, -0.25) is 14.4 Å². The molecular weight excluding hydrogens is 394 g/mol. The van der Waals surface area contributed by atoms with Crippen molar-refractivity contribution in [3.63, 3.8) is 0 Å². The van der Waals surface area contributed by atoms with Crippen molar-refractivity contribution < 1.29 is 14.7 Å². The van der Waals surface area contributed by atoms with Crippen LogP contribution < -0.4 is 16.1 Å². The second-order valence-corrected chi connectivity index (χ2v) is 7.88. The Morgan fingerprint density at radius 1 is 1.00 bits per heavy atom. The van der Waals surface area contributed by atoms with Crippen LogP contribution in [-0.4, -0.2) is 40.1 Å². The van der Waals surface area contributed by atoms with Crippen LogP contribution in [0.2, 0.25) is 0 Å². The number of carbonyl (C=O) groups excluding carboxylic acids is 2. The van der Waals surface area contributed by atoms with E-state index in [0.29, 0.717) is 10.9 Å². The van der Waals surface area contributed by atoms with Gasteiger partial charge in [0.1, 0.15) is 5.69 Å². The number of amides is 2. The average Bonchev–Trinajstić information content (AvgIpc) is 2.75. The number of hydrogen-bond donors (Lipinski definition) is 4. The lowest BCUT2D eigenvalue weighted by atomic mass is 9.99. The third-order valence-electron chi connectivity index (χ3n) is 5.07. The molecule has 0 unspecified atom stereocenters. The average molecular weight is 421 g/mol. The van der Waals surface area contributed by atoms with Gasteiger partial charge in [0, 0.05) is 22.5 Å².